The average Bonchev–Trinajstić information content (AvgIpc) is 2.96. The number of likely N-dealkylation sites (tertiary alicyclic amines) is 1. The number of aryl methyl sites for hydroxylation is 1. The van der Waals surface area contributed by atoms with Crippen molar-refractivity contribution in [3.63, 3.8) is 0 Å². The van der Waals surface area contributed by atoms with Crippen molar-refractivity contribution in [3.8, 4) is 5.82 Å². The Labute approximate surface area is 135 Å². The van der Waals surface area contributed by atoms with E-state index in [2.05, 4.69) is 9.97 Å². The zero-order valence-corrected chi connectivity index (χ0v) is 13.4. The third-order valence-corrected chi connectivity index (χ3v) is 4.26. The van der Waals surface area contributed by atoms with Crippen LogP contribution in [0.3, 0.4) is 0 Å². The van der Waals surface area contributed by atoms with Crippen LogP contribution in [0.4, 0.5) is 0 Å². The van der Waals surface area contributed by atoms with E-state index in [-0.39, 0.29) is 12.0 Å². The molecule has 6 nitrogen and oxygen atoms in total. The van der Waals surface area contributed by atoms with Crippen LogP contribution in [0.25, 0.3) is 5.82 Å². The zero-order valence-electron chi connectivity index (χ0n) is 13.4. The van der Waals surface area contributed by atoms with Crippen LogP contribution in [0.1, 0.15) is 42.4 Å². The fourth-order valence-corrected chi connectivity index (χ4v) is 2.92. The number of hydrogen-bond acceptors (Lipinski definition) is 4. The average molecular weight is 314 g/mol. The van der Waals surface area contributed by atoms with Gasteiger partial charge in [0.2, 0.25) is 0 Å². The first-order valence-electron chi connectivity index (χ1n) is 8.15. The Kier molecular flexibility index (Phi) is 4.71. The van der Waals surface area contributed by atoms with Gasteiger partial charge in [0, 0.05) is 38.1 Å². The highest BCUT2D eigenvalue weighted by atomic mass is 16.3. The first kappa shape index (κ1) is 15.7. The molecule has 1 atom stereocenters. The summed E-state index contributed by atoms with van der Waals surface area (Å²) in [7, 11) is 0. The van der Waals surface area contributed by atoms with E-state index in [0.29, 0.717) is 25.1 Å². The maximum Gasteiger partial charge on any atom is 0.255 e. The van der Waals surface area contributed by atoms with Crippen molar-refractivity contribution in [2.45, 2.75) is 38.7 Å². The van der Waals surface area contributed by atoms with E-state index >= 15 is 0 Å². The molecule has 2 aromatic rings. The predicted molar refractivity (Wildman–Crippen MR) is 86.5 cm³/mol. The monoisotopic (exact) mass is 314 g/mol. The van der Waals surface area contributed by atoms with Gasteiger partial charge in [0.25, 0.3) is 5.91 Å². The minimum absolute atomic E-state index is 0.0144. The minimum atomic E-state index is -0.290. The van der Waals surface area contributed by atoms with Crippen LogP contribution in [0, 0.1) is 0 Å². The molecule has 3 rings (SSSR count). The van der Waals surface area contributed by atoms with Gasteiger partial charge in [-0.15, -0.1) is 0 Å². The van der Waals surface area contributed by atoms with Crippen LogP contribution in [0.5, 0.6) is 0 Å². The Morgan fingerprint density at radius 3 is 2.91 bits per heavy atom. The van der Waals surface area contributed by atoms with Gasteiger partial charge in [-0.3, -0.25) is 9.36 Å². The van der Waals surface area contributed by atoms with Crippen molar-refractivity contribution < 1.29 is 9.90 Å². The lowest BCUT2D eigenvalue weighted by Gasteiger charge is -2.20. The van der Waals surface area contributed by atoms with E-state index in [9.17, 15) is 9.90 Å². The summed E-state index contributed by atoms with van der Waals surface area (Å²) in [5, 5.41) is 9.69. The van der Waals surface area contributed by atoms with Crippen LogP contribution >= 0.6 is 0 Å². The van der Waals surface area contributed by atoms with E-state index < -0.39 is 0 Å². The smallest absolute Gasteiger partial charge is 0.255 e. The molecule has 1 N–H and O–H groups in total. The highest BCUT2D eigenvalue weighted by molar-refractivity contribution is 5.94. The Morgan fingerprint density at radius 1 is 1.30 bits per heavy atom. The molecule has 1 amide bonds. The molecule has 1 aliphatic rings. The van der Waals surface area contributed by atoms with Crippen molar-refractivity contribution in [2.24, 2.45) is 0 Å². The summed E-state index contributed by atoms with van der Waals surface area (Å²) in [4.78, 5) is 23.1. The number of amides is 1. The molecular weight excluding hydrogens is 292 g/mol. The number of rotatable bonds is 3. The molecule has 3 heterocycles. The SMILES string of the molecule is CCc1nccn1-c1ccc(C(=O)N2CCCC(O)CC2)cn1. The molecule has 0 aromatic carbocycles. The van der Waals surface area contributed by atoms with Crippen LogP contribution in [0.2, 0.25) is 0 Å². The van der Waals surface area contributed by atoms with Crippen LogP contribution < -0.4 is 0 Å². The van der Waals surface area contributed by atoms with Crippen LogP contribution in [-0.4, -0.2) is 49.6 Å². The van der Waals surface area contributed by atoms with Gasteiger partial charge >= 0.3 is 0 Å². The first-order valence-corrected chi connectivity index (χ1v) is 8.15. The van der Waals surface area contributed by atoms with Crippen LogP contribution in [-0.2, 0) is 6.42 Å². The lowest BCUT2D eigenvalue weighted by molar-refractivity contribution is 0.0752. The number of hydrogen-bond donors (Lipinski definition) is 1. The molecule has 1 saturated heterocycles. The van der Waals surface area contributed by atoms with E-state index in [0.717, 1.165) is 30.9 Å². The number of imidazole rings is 1. The summed E-state index contributed by atoms with van der Waals surface area (Å²) in [5.41, 5.74) is 0.586. The number of aliphatic hydroxyl groups excluding tert-OH is 1. The molecule has 0 bridgehead atoms. The molecule has 0 saturated carbocycles. The van der Waals surface area contributed by atoms with Gasteiger partial charge < -0.3 is 10.0 Å². The molecule has 1 unspecified atom stereocenters. The van der Waals surface area contributed by atoms with Crippen molar-refractivity contribution >= 4 is 5.91 Å². The first-order chi connectivity index (χ1) is 11.2. The fourth-order valence-electron chi connectivity index (χ4n) is 2.92. The molecule has 1 fully saturated rings. The zero-order chi connectivity index (χ0) is 16.2. The topological polar surface area (TPSA) is 71.2 Å². The van der Waals surface area contributed by atoms with Gasteiger partial charge in [-0.2, -0.15) is 0 Å². The van der Waals surface area contributed by atoms with E-state index in [1.54, 1.807) is 12.4 Å². The molecule has 122 valence electrons. The number of pyridine rings is 1. The Hall–Kier alpha value is -2.21. The molecule has 1 aliphatic heterocycles. The maximum absolute atomic E-state index is 12.6. The summed E-state index contributed by atoms with van der Waals surface area (Å²) in [6.45, 7) is 3.34. The Bertz CT molecular complexity index is 665. The molecule has 6 heteroatoms. The quantitative estimate of drug-likeness (QED) is 0.938. The molecule has 0 spiro atoms. The number of nitrogens with zero attached hydrogens (tertiary/aromatic N) is 4. The maximum atomic E-state index is 12.6. The number of aromatic nitrogens is 3. The molecule has 23 heavy (non-hydrogen) atoms. The van der Waals surface area contributed by atoms with Crippen LogP contribution in [0.15, 0.2) is 30.7 Å². The van der Waals surface area contributed by atoms with Gasteiger partial charge in [-0.25, -0.2) is 9.97 Å². The van der Waals surface area contributed by atoms with Gasteiger partial charge in [-0.05, 0) is 31.4 Å². The summed E-state index contributed by atoms with van der Waals surface area (Å²) >= 11 is 0. The second kappa shape index (κ2) is 6.91. The minimum Gasteiger partial charge on any atom is -0.393 e. The summed E-state index contributed by atoms with van der Waals surface area (Å²) < 4.78 is 1.93. The summed E-state index contributed by atoms with van der Waals surface area (Å²) in [6.07, 6.45) is 8.04. The molecule has 0 radical (unpaired) electrons. The third kappa shape index (κ3) is 3.42. The lowest BCUT2D eigenvalue weighted by atomic mass is 10.2. The largest absolute Gasteiger partial charge is 0.393 e. The van der Waals surface area contributed by atoms with Crippen molar-refractivity contribution in [1.82, 2.24) is 19.4 Å². The van der Waals surface area contributed by atoms with Gasteiger partial charge in [0.05, 0.1) is 11.7 Å². The van der Waals surface area contributed by atoms with Gasteiger partial charge in [-0.1, -0.05) is 6.92 Å². The number of carbonyl (C=O) groups is 1. The lowest BCUT2D eigenvalue weighted by Crippen LogP contribution is -2.32. The van der Waals surface area contributed by atoms with Crippen molar-refractivity contribution in [2.75, 3.05) is 13.1 Å². The van der Waals surface area contributed by atoms with E-state index in [1.165, 1.54) is 0 Å². The predicted octanol–water partition coefficient (Wildman–Crippen LogP) is 1.82. The van der Waals surface area contributed by atoms with Gasteiger partial charge in [0.15, 0.2) is 0 Å². The third-order valence-electron chi connectivity index (χ3n) is 4.26. The summed E-state index contributed by atoms with van der Waals surface area (Å²) in [6, 6.07) is 3.66. The number of aliphatic hydroxyl groups is 1. The van der Waals surface area contributed by atoms with Gasteiger partial charge in [0.1, 0.15) is 11.6 Å². The molecular formula is C17H22N4O2. The van der Waals surface area contributed by atoms with E-state index in [1.807, 2.05) is 34.7 Å². The molecule has 2 aromatic heterocycles. The molecule has 0 aliphatic carbocycles. The second-order valence-electron chi connectivity index (χ2n) is 5.85. The normalized spacial score (nSPS) is 18.7. The second-order valence-corrected chi connectivity index (χ2v) is 5.85. The highest BCUT2D eigenvalue weighted by Gasteiger charge is 2.20. The summed E-state index contributed by atoms with van der Waals surface area (Å²) in [5.74, 6) is 1.69. The standard InChI is InChI=1S/C17H22N4O2/c1-2-15-18-8-11-21(15)16-6-5-13(12-19-16)17(23)20-9-3-4-14(22)7-10-20/h5-6,8,11-12,14,22H,2-4,7,9-10H2,1H3. The Balaban J connectivity index is 1.75. The van der Waals surface area contributed by atoms with E-state index in [4.69, 9.17) is 0 Å². The number of carbonyl (C=O) groups excluding carboxylic acids is 1. The Morgan fingerprint density at radius 2 is 2.17 bits per heavy atom. The van der Waals surface area contributed by atoms with Crippen molar-refractivity contribution in [3.05, 3.63) is 42.1 Å². The highest BCUT2D eigenvalue weighted by Crippen LogP contribution is 2.15. The fraction of sp³-hybridized carbons (Fsp3) is 0.471. The van der Waals surface area contributed by atoms with Crippen molar-refractivity contribution in [1.29, 1.82) is 0 Å².